The quantitative estimate of drug-likeness (QED) is 0.476. The van der Waals surface area contributed by atoms with E-state index in [0.29, 0.717) is 44.2 Å². The monoisotopic (exact) mass is 534 g/mol. The van der Waals surface area contributed by atoms with Crippen molar-refractivity contribution in [1.82, 2.24) is 19.5 Å². The Hall–Kier alpha value is -2.81. The molecule has 1 amide bonds. The number of carbonyl (C=O) groups is 1. The number of hydrogen-bond donors (Lipinski definition) is 1. The maximum absolute atomic E-state index is 14.1. The Kier molecular flexibility index (Phi) is 8.12. The van der Waals surface area contributed by atoms with Gasteiger partial charge in [0.05, 0.1) is 23.0 Å². The number of amides is 1. The third-order valence-corrected chi connectivity index (χ3v) is 9.47. The van der Waals surface area contributed by atoms with Crippen molar-refractivity contribution in [2.75, 3.05) is 32.4 Å². The number of carbonyl (C=O) groups excluding carboxylic acids is 1. The maximum Gasteiger partial charge on any atom is 0.252 e. The van der Waals surface area contributed by atoms with Crippen LogP contribution >= 0.6 is 0 Å². The molecule has 2 aromatic carbocycles. The van der Waals surface area contributed by atoms with Crippen molar-refractivity contribution in [2.45, 2.75) is 51.6 Å². The highest BCUT2D eigenvalue weighted by atomic mass is 32.2. The van der Waals surface area contributed by atoms with E-state index in [0.717, 1.165) is 40.6 Å². The first-order chi connectivity index (χ1) is 18.3. The molecule has 1 atom stereocenters. The Morgan fingerprint density at radius 2 is 1.63 bits per heavy atom. The number of fused-ring (bicyclic) bond motifs is 1. The largest absolute Gasteiger partial charge is 0.349 e. The van der Waals surface area contributed by atoms with Crippen LogP contribution in [-0.4, -0.2) is 67.0 Å². The molecular formula is C30H38N4O3S. The zero-order valence-electron chi connectivity index (χ0n) is 22.4. The van der Waals surface area contributed by atoms with Gasteiger partial charge in [-0.1, -0.05) is 67.8 Å². The van der Waals surface area contributed by atoms with Crippen LogP contribution in [0.5, 0.6) is 0 Å². The van der Waals surface area contributed by atoms with E-state index in [1.807, 2.05) is 54.6 Å². The summed E-state index contributed by atoms with van der Waals surface area (Å²) in [5.41, 5.74) is 4.16. The Morgan fingerprint density at radius 3 is 2.32 bits per heavy atom. The van der Waals surface area contributed by atoms with Crippen LogP contribution < -0.4 is 5.32 Å². The SMILES string of the molecule is CC(NC(=O)c1c(CN2CCN(S(C)(=O)=O)CC2)c(-c2ccccc2)nc2ccccc12)C1CCCCC1. The summed E-state index contributed by atoms with van der Waals surface area (Å²) in [4.78, 5) is 21.4. The van der Waals surface area contributed by atoms with E-state index in [1.54, 1.807) is 0 Å². The number of pyridine rings is 1. The number of rotatable bonds is 7. The highest BCUT2D eigenvalue weighted by molar-refractivity contribution is 7.88. The van der Waals surface area contributed by atoms with Crippen molar-refractivity contribution in [3.8, 4) is 11.3 Å². The summed E-state index contributed by atoms with van der Waals surface area (Å²) in [6.07, 6.45) is 7.32. The number of hydrogen-bond acceptors (Lipinski definition) is 5. The molecule has 7 nitrogen and oxygen atoms in total. The molecule has 3 aromatic rings. The van der Waals surface area contributed by atoms with Gasteiger partial charge in [0.2, 0.25) is 10.0 Å². The highest BCUT2D eigenvalue weighted by Gasteiger charge is 2.29. The smallest absolute Gasteiger partial charge is 0.252 e. The van der Waals surface area contributed by atoms with E-state index in [-0.39, 0.29) is 11.9 Å². The molecule has 1 N–H and O–H groups in total. The second-order valence-electron chi connectivity index (χ2n) is 10.8. The molecule has 0 bridgehead atoms. The van der Waals surface area contributed by atoms with Crippen LogP contribution in [0, 0.1) is 5.92 Å². The minimum absolute atomic E-state index is 0.0522. The molecule has 1 unspecified atom stereocenters. The first-order valence-corrected chi connectivity index (χ1v) is 15.6. The van der Waals surface area contributed by atoms with Crippen molar-refractivity contribution in [1.29, 1.82) is 0 Å². The molecule has 2 fully saturated rings. The molecule has 8 heteroatoms. The van der Waals surface area contributed by atoms with Gasteiger partial charge in [0.15, 0.2) is 0 Å². The molecule has 0 spiro atoms. The maximum atomic E-state index is 14.1. The van der Waals surface area contributed by atoms with Crippen LogP contribution in [0.25, 0.3) is 22.2 Å². The molecule has 1 aliphatic heterocycles. The number of benzene rings is 2. The van der Waals surface area contributed by atoms with Crippen LogP contribution in [-0.2, 0) is 16.6 Å². The minimum Gasteiger partial charge on any atom is -0.349 e. The van der Waals surface area contributed by atoms with Crippen LogP contribution in [0.2, 0.25) is 0 Å². The van der Waals surface area contributed by atoms with E-state index >= 15 is 0 Å². The van der Waals surface area contributed by atoms with E-state index in [4.69, 9.17) is 4.98 Å². The van der Waals surface area contributed by atoms with Gasteiger partial charge in [-0.05, 0) is 31.7 Å². The lowest BCUT2D eigenvalue weighted by atomic mass is 9.84. The Morgan fingerprint density at radius 1 is 0.974 bits per heavy atom. The van der Waals surface area contributed by atoms with Crippen molar-refractivity contribution in [2.24, 2.45) is 5.92 Å². The van der Waals surface area contributed by atoms with Crippen molar-refractivity contribution in [3.63, 3.8) is 0 Å². The zero-order chi connectivity index (χ0) is 26.7. The van der Waals surface area contributed by atoms with Gasteiger partial charge in [0.1, 0.15) is 0 Å². The van der Waals surface area contributed by atoms with Crippen LogP contribution in [0.4, 0.5) is 0 Å². The van der Waals surface area contributed by atoms with Gasteiger partial charge in [-0.25, -0.2) is 13.4 Å². The van der Waals surface area contributed by atoms with Gasteiger partial charge in [0, 0.05) is 55.3 Å². The lowest BCUT2D eigenvalue weighted by Crippen LogP contribution is -2.48. The number of nitrogens with one attached hydrogen (secondary N) is 1. The average molecular weight is 535 g/mol. The van der Waals surface area contributed by atoms with Crippen LogP contribution in [0.1, 0.15) is 54.9 Å². The summed E-state index contributed by atoms with van der Waals surface area (Å²) in [7, 11) is -3.22. The summed E-state index contributed by atoms with van der Waals surface area (Å²) in [5, 5.41) is 4.22. The highest BCUT2D eigenvalue weighted by Crippen LogP contribution is 2.33. The lowest BCUT2D eigenvalue weighted by molar-refractivity contribution is 0.0918. The number of nitrogens with zero attached hydrogens (tertiary/aromatic N) is 3. The van der Waals surface area contributed by atoms with Gasteiger partial charge in [-0.2, -0.15) is 4.31 Å². The van der Waals surface area contributed by atoms with Gasteiger partial charge < -0.3 is 5.32 Å². The fourth-order valence-corrected chi connectivity index (χ4v) is 6.80. The molecule has 1 aliphatic carbocycles. The molecule has 38 heavy (non-hydrogen) atoms. The number of sulfonamides is 1. The summed E-state index contributed by atoms with van der Waals surface area (Å²) in [6, 6.07) is 18.0. The molecule has 2 aliphatic rings. The first kappa shape index (κ1) is 26.8. The standard InChI is InChI=1S/C30H38N4O3S/c1-22(23-11-5-3-6-12-23)31-30(35)28-25-15-9-10-16-27(25)32-29(24-13-7-4-8-14-24)26(28)21-33-17-19-34(20-18-33)38(2,36)37/h4,7-10,13-16,22-23H,3,5-6,11-12,17-21H2,1-2H3,(H,31,35). The second kappa shape index (κ2) is 11.5. The molecule has 1 saturated carbocycles. The molecule has 202 valence electrons. The molecular weight excluding hydrogens is 496 g/mol. The summed E-state index contributed by atoms with van der Waals surface area (Å²) >= 11 is 0. The lowest BCUT2D eigenvalue weighted by Gasteiger charge is -2.34. The topological polar surface area (TPSA) is 82.6 Å². The third kappa shape index (κ3) is 5.92. The normalized spacial score (nSPS) is 18.9. The summed E-state index contributed by atoms with van der Waals surface area (Å²) < 4.78 is 25.6. The van der Waals surface area contributed by atoms with Gasteiger partial charge in [0.25, 0.3) is 5.91 Å². The van der Waals surface area contributed by atoms with Crippen molar-refractivity contribution >= 4 is 26.8 Å². The van der Waals surface area contributed by atoms with E-state index in [9.17, 15) is 13.2 Å². The number of aromatic nitrogens is 1. The fourth-order valence-electron chi connectivity index (χ4n) is 5.97. The molecule has 1 saturated heterocycles. The van der Waals surface area contributed by atoms with Gasteiger partial charge in [-0.3, -0.25) is 9.69 Å². The second-order valence-corrected chi connectivity index (χ2v) is 12.8. The molecule has 5 rings (SSSR count). The van der Waals surface area contributed by atoms with Crippen LogP contribution in [0.15, 0.2) is 54.6 Å². The predicted octanol–water partition coefficient (Wildman–Crippen LogP) is 4.68. The summed E-state index contributed by atoms with van der Waals surface area (Å²) in [5.74, 6) is 0.450. The van der Waals surface area contributed by atoms with Gasteiger partial charge >= 0.3 is 0 Å². The van der Waals surface area contributed by atoms with Crippen molar-refractivity contribution < 1.29 is 13.2 Å². The summed E-state index contributed by atoms with van der Waals surface area (Å²) in [6.45, 7) is 4.77. The van der Waals surface area contributed by atoms with E-state index in [2.05, 4.69) is 17.1 Å². The fraction of sp³-hybridized carbons (Fsp3) is 0.467. The zero-order valence-corrected chi connectivity index (χ0v) is 23.2. The first-order valence-electron chi connectivity index (χ1n) is 13.8. The molecule has 0 radical (unpaired) electrons. The Bertz CT molecular complexity index is 1380. The predicted molar refractivity (Wildman–Crippen MR) is 152 cm³/mol. The molecule has 1 aromatic heterocycles. The van der Waals surface area contributed by atoms with Crippen molar-refractivity contribution in [3.05, 3.63) is 65.7 Å². The average Bonchev–Trinajstić information content (AvgIpc) is 2.93. The van der Waals surface area contributed by atoms with Crippen LogP contribution in [0.3, 0.4) is 0 Å². The number of piperazine rings is 1. The minimum atomic E-state index is -3.22. The number of para-hydroxylation sites is 1. The Labute approximate surface area is 226 Å². The van der Waals surface area contributed by atoms with E-state index in [1.165, 1.54) is 29.8 Å². The third-order valence-electron chi connectivity index (χ3n) is 8.17. The molecule has 2 heterocycles. The van der Waals surface area contributed by atoms with Gasteiger partial charge in [-0.15, -0.1) is 0 Å². The van der Waals surface area contributed by atoms with E-state index < -0.39 is 10.0 Å². The Balaban J connectivity index is 1.55.